The number of hydrogen-bond donors (Lipinski definition) is 0. The minimum atomic E-state index is 0.502. The summed E-state index contributed by atoms with van der Waals surface area (Å²) in [5.74, 6) is 2.65. The minimum absolute atomic E-state index is 0.502. The van der Waals surface area contributed by atoms with Gasteiger partial charge in [-0.3, -0.25) is 0 Å². The predicted octanol–water partition coefficient (Wildman–Crippen LogP) is 5.54. The highest BCUT2D eigenvalue weighted by Crippen LogP contribution is 2.34. The second-order valence-corrected chi connectivity index (χ2v) is 6.11. The molecule has 0 spiro atoms. The maximum atomic E-state index is 6.40. The Bertz CT molecular complexity index is 597. The average Bonchev–Trinajstić information content (AvgIpc) is 2.47. The number of rotatable bonds is 7. The van der Waals surface area contributed by atoms with Gasteiger partial charge >= 0.3 is 0 Å². The summed E-state index contributed by atoms with van der Waals surface area (Å²) in [5, 5.41) is 2.65. The van der Waals surface area contributed by atoms with E-state index in [1.54, 1.807) is 0 Å². The zero-order chi connectivity index (χ0) is 15.2. The van der Waals surface area contributed by atoms with Gasteiger partial charge in [-0.05, 0) is 42.0 Å². The number of alkyl halides is 1. The molecule has 0 N–H and O–H groups in total. The van der Waals surface area contributed by atoms with Gasteiger partial charge < -0.3 is 9.47 Å². The summed E-state index contributed by atoms with van der Waals surface area (Å²) in [5.41, 5.74) is 0. The van der Waals surface area contributed by atoms with E-state index < -0.39 is 0 Å². The van der Waals surface area contributed by atoms with Crippen LogP contribution in [0.1, 0.15) is 20.3 Å². The third-order valence-corrected chi connectivity index (χ3v) is 3.67. The van der Waals surface area contributed by atoms with E-state index in [1.165, 1.54) is 0 Å². The highest BCUT2D eigenvalue weighted by molar-refractivity contribution is 6.37. The van der Waals surface area contributed by atoms with Crippen molar-refractivity contribution in [2.24, 2.45) is 5.92 Å². The van der Waals surface area contributed by atoms with Gasteiger partial charge in [0.15, 0.2) is 0 Å². The Morgan fingerprint density at radius 3 is 2.62 bits per heavy atom. The Balaban J connectivity index is 2.19. The molecule has 114 valence electrons. The number of fused-ring (bicyclic) bond motifs is 1. The van der Waals surface area contributed by atoms with Crippen molar-refractivity contribution in [1.82, 2.24) is 0 Å². The zero-order valence-electron chi connectivity index (χ0n) is 12.4. The van der Waals surface area contributed by atoms with Crippen LogP contribution < -0.4 is 9.47 Å². The fraction of sp³-hybridized carbons (Fsp3) is 0.412. The molecule has 0 aliphatic carbocycles. The number of hydrogen-bond acceptors (Lipinski definition) is 2. The second kappa shape index (κ2) is 7.77. The monoisotopic (exact) mass is 326 g/mol. The van der Waals surface area contributed by atoms with Gasteiger partial charge in [0.1, 0.15) is 11.5 Å². The Hall–Kier alpha value is -1.12. The first-order valence-corrected chi connectivity index (χ1v) is 8.07. The fourth-order valence-corrected chi connectivity index (χ4v) is 2.35. The lowest BCUT2D eigenvalue weighted by atomic mass is 10.1. The van der Waals surface area contributed by atoms with E-state index in [1.807, 2.05) is 30.3 Å². The van der Waals surface area contributed by atoms with E-state index >= 15 is 0 Å². The molecule has 0 heterocycles. The van der Waals surface area contributed by atoms with Crippen LogP contribution in [0, 0.1) is 5.92 Å². The van der Waals surface area contributed by atoms with Gasteiger partial charge in [-0.1, -0.05) is 31.5 Å². The molecule has 0 saturated heterocycles. The molecule has 0 saturated carbocycles. The quantitative estimate of drug-likeness (QED) is 0.491. The van der Waals surface area contributed by atoms with Gasteiger partial charge in [-0.2, -0.15) is 0 Å². The zero-order valence-corrected chi connectivity index (χ0v) is 13.9. The summed E-state index contributed by atoms with van der Waals surface area (Å²) in [6.07, 6.45) is 0.803. The summed E-state index contributed by atoms with van der Waals surface area (Å²) in [4.78, 5) is 0. The van der Waals surface area contributed by atoms with Crippen LogP contribution in [-0.2, 0) is 0 Å². The highest BCUT2D eigenvalue weighted by atomic mass is 35.5. The van der Waals surface area contributed by atoms with Crippen molar-refractivity contribution in [3.05, 3.63) is 35.4 Å². The first-order valence-electron chi connectivity index (χ1n) is 7.15. The molecule has 0 radical (unpaired) electrons. The molecular formula is C17H20Cl2O2. The summed E-state index contributed by atoms with van der Waals surface area (Å²) >= 11 is 12.0. The molecule has 2 nitrogen and oxygen atoms in total. The smallest absolute Gasteiger partial charge is 0.138 e. The lowest BCUT2D eigenvalue weighted by Gasteiger charge is -2.12. The SMILES string of the molecule is CC(C)COc1ccc2c(Cl)c(OCCCCl)ccc2c1. The van der Waals surface area contributed by atoms with Crippen LogP contribution in [0.25, 0.3) is 10.8 Å². The van der Waals surface area contributed by atoms with E-state index in [-0.39, 0.29) is 0 Å². The lowest BCUT2D eigenvalue weighted by Crippen LogP contribution is -2.04. The van der Waals surface area contributed by atoms with Crippen LogP contribution >= 0.6 is 23.2 Å². The fourth-order valence-electron chi connectivity index (χ4n) is 1.95. The van der Waals surface area contributed by atoms with Crippen molar-refractivity contribution >= 4 is 34.0 Å². The van der Waals surface area contributed by atoms with Crippen LogP contribution in [0.3, 0.4) is 0 Å². The third kappa shape index (κ3) is 4.42. The largest absolute Gasteiger partial charge is 0.493 e. The van der Waals surface area contributed by atoms with E-state index in [9.17, 15) is 0 Å². The summed E-state index contributed by atoms with van der Waals surface area (Å²) in [7, 11) is 0. The summed E-state index contributed by atoms with van der Waals surface area (Å²) < 4.78 is 11.4. The minimum Gasteiger partial charge on any atom is -0.493 e. The topological polar surface area (TPSA) is 18.5 Å². The van der Waals surface area contributed by atoms with Gasteiger partial charge in [0.25, 0.3) is 0 Å². The molecule has 21 heavy (non-hydrogen) atoms. The van der Waals surface area contributed by atoms with Crippen LogP contribution in [0.15, 0.2) is 30.3 Å². The van der Waals surface area contributed by atoms with Crippen molar-refractivity contribution in [2.45, 2.75) is 20.3 Å². The summed E-state index contributed by atoms with van der Waals surface area (Å²) in [6, 6.07) is 9.82. The van der Waals surface area contributed by atoms with Crippen LogP contribution in [0.5, 0.6) is 11.5 Å². The predicted molar refractivity (Wildman–Crippen MR) is 90.1 cm³/mol. The Morgan fingerprint density at radius 2 is 1.90 bits per heavy atom. The normalized spacial score (nSPS) is 11.1. The average molecular weight is 327 g/mol. The Labute approximate surface area is 136 Å². The molecule has 0 unspecified atom stereocenters. The molecule has 0 atom stereocenters. The molecule has 2 aromatic carbocycles. The molecule has 0 bridgehead atoms. The molecule has 0 amide bonds. The second-order valence-electron chi connectivity index (χ2n) is 5.36. The van der Waals surface area contributed by atoms with Gasteiger partial charge in [0.05, 0.1) is 18.2 Å². The molecule has 2 aromatic rings. The van der Waals surface area contributed by atoms with Crippen molar-refractivity contribution in [3.63, 3.8) is 0 Å². The maximum absolute atomic E-state index is 6.40. The van der Waals surface area contributed by atoms with Gasteiger partial charge in [-0.25, -0.2) is 0 Å². The third-order valence-electron chi connectivity index (χ3n) is 3.01. The number of halogens is 2. The number of ether oxygens (including phenoxy) is 2. The molecule has 0 aliphatic heterocycles. The summed E-state index contributed by atoms with van der Waals surface area (Å²) in [6.45, 7) is 5.54. The molecule has 0 aromatic heterocycles. The van der Waals surface area contributed by atoms with Crippen LogP contribution in [-0.4, -0.2) is 19.1 Å². The Kier molecular flexibility index (Phi) is 6.01. The molecule has 4 heteroatoms. The van der Waals surface area contributed by atoms with E-state index in [4.69, 9.17) is 32.7 Å². The Morgan fingerprint density at radius 1 is 1.10 bits per heavy atom. The van der Waals surface area contributed by atoms with Crippen molar-refractivity contribution in [3.8, 4) is 11.5 Å². The number of benzene rings is 2. The highest BCUT2D eigenvalue weighted by Gasteiger charge is 2.08. The first kappa shape index (κ1) is 16.3. The maximum Gasteiger partial charge on any atom is 0.138 e. The lowest BCUT2D eigenvalue weighted by molar-refractivity contribution is 0.271. The molecule has 2 rings (SSSR count). The standard InChI is InChI=1S/C17H20Cl2O2/c1-12(2)11-21-14-5-6-15-13(10-14)4-7-16(17(15)19)20-9-3-8-18/h4-7,10,12H,3,8-9,11H2,1-2H3. The molecular weight excluding hydrogens is 307 g/mol. The molecule has 0 aliphatic rings. The van der Waals surface area contributed by atoms with Crippen LogP contribution in [0.2, 0.25) is 5.02 Å². The van der Waals surface area contributed by atoms with Crippen LogP contribution in [0.4, 0.5) is 0 Å². The van der Waals surface area contributed by atoms with Gasteiger partial charge in [0.2, 0.25) is 0 Å². The first-order chi connectivity index (χ1) is 10.1. The van der Waals surface area contributed by atoms with E-state index in [0.717, 1.165) is 22.9 Å². The van der Waals surface area contributed by atoms with E-state index in [0.29, 0.717) is 35.8 Å². The molecule has 0 fully saturated rings. The van der Waals surface area contributed by atoms with Gasteiger partial charge in [0, 0.05) is 11.3 Å². The van der Waals surface area contributed by atoms with Gasteiger partial charge in [-0.15, -0.1) is 11.6 Å². The van der Waals surface area contributed by atoms with E-state index in [2.05, 4.69) is 13.8 Å². The van der Waals surface area contributed by atoms with Crippen molar-refractivity contribution < 1.29 is 9.47 Å². The van der Waals surface area contributed by atoms with Crippen molar-refractivity contribution in [2.75, 3.05) is 19.1 Å². The van der Waals surface area contributed by atoms with Crippen molar-refractivity contribution in [1.29, 1.82) is 0 Å².